The molecule has 0 fully saturated rings. The van der Waals surface area contributed by atoms with Crippen molar-refractivity contribution in [3.63, 3.8) is 0 Å². The molecular formula is C17H14ClNO3S. The maximum absolute atomic E-state index is 12.6. The smallest absolute Gasteiger partial charge is 0.251 e. The number of rotatable bonds is 2. The molecule has 118 valence electrons. The van der Waals surface area contributed by atoms with Crippen LogP contribution >= 0.6 is 23.4 Å². The molecule has 4 rings (SSSR count). The molecule has 0 saturated carbocycles. The Kier molecular flexibility index (Phi) is 3.83. The summed E-state index contributed by atoms with van der Waals surface area (Å²) in [7, 11) is 0. The highest BCUT2D eigenvalue weighted by molar-refractivity contribution is 7.99. The van der Waals surface area contributed by atoms with Crippen molar-refractivity contribution in [3.8, 4) is 11.5 Å². The molecule has 1 unspecified atom stereocenters. The van der Waals surface area contributed by atoms with E-state index in [-0.39, 0.29) is 18.7 Å². The third-order valence-corrected chi connectivity index (χ3v) is 5.36. The quantitative estimate of drug-likeness (QED) is 0.890. The van der Waals surface area contributed by atoms with Crippen LogP contribution in [0.4, 0.5) is 0 Å². The van der Waals surface area contributed by atoms with E-state index in [1.807, 2.05) is 23.9 Å². The Labute approximate surface area is 143 Å². The van der Waals surface area contributed by atoms with Crippen molar-refractivity contribution in [3.05, 3.63) is 52.5 Å². The molecule has 0 bridgehead atoms. The highest BCUT2D eigenvalue weighted by Gasteiger charge is 2.25. The zero-order valence-corrected chi connectivity index (χ0v) is 13.7. The average molecular weight is 348 g/mol. The van der Waals surface area contributed by atoms with Crippen LogP contribution in [-0.4, -0.2) is 18.5 Å². The Morgan fingerprint density at radius 1 is 1.26 bits per heavy atom. The predicted molar refractivity (Wildman–Crippen MR) is 89.6 cm³/mol. The minimum atomic E-state index is -0.156. The van der Waals surface area contributed by atoms with E-state index in [0.29, 0.717) is 22.1 Å². The lowest BCUT2D eigenvalue weighted by Crippen LogP contribution is -2.30. The molecule has 2 aliphatic heterocycles. The molecule has 0 aromatic heterocycles. The molecule has 6 heteroatoms. The third kappa shape index (κ3) is 2.75. The molecule has 0 spiro atoms. The topological polar surface area (TPSA) is 47.6 Å². The first kappa shape index (κ1) is 14.7. The van der Waals surface area contributed by atoms with Gasteiger partial charge in [-0.3, -0.25) is 4.79 Å². The summed E-state index contributed by atoms with van der Waals surface area (Å²) in [6.45, 7) is 0.132. The summed E-state index contributed by atoms with van der Waals surface area (Å²) in [6, 6.07) is 11.5. The lowest BCUT2D eigenvalue weighted by Gasteiger charge is -2.26. The minimum absolute atomic E-state index is 0.0177. The second kappa shape index (κ2) is 5.98. The van der Waals surface area contributed by atoms with Gasteiger partial charge in [-0.1, -0.05) is 29.8 Å². The molecule has 1 atom stereocenters. The van der Waals surface area contributed by atoms with Crippen LogP contribution in [0, 0.1) is 0 Å². The van der Waals surface area contributed by atoms with E-state index in [0.717, 1.165) is 12.2 Å². The maximum atomic E-state index is 12.6. The zero-order chi connectivity index (χ0) is 15.8. The molecule has 1 amide bonds. The van der Waals surface area contributed by atoms with Gasteiger partial charge in [0.05, 0.1) is 11.1 Å². The molecule has 4 nitrogen and oxygen atoms in total. The summed E-state index contributed by atoms with van der Waals surface area (Å²) < 4.78 is 10.6. The van der Waals surface area contributed by atoms with Gasteiger partial charge in [0, 0.05) is 16.2 Å². The van der Waals surface area contributed by atoms with Crippen LogP contribution in [0.5, 0.6) is 11.5 Å². The van der Waals surface area contributed by atoms with Gasteiger partial charge in [-0.25, -0.2) is 0 Å². The van der Waals surface area contributed by atoms with Crippen LogP contribution in [0.15, 0.2) is 41.3 Å². The van der Waals surface area contributed by atoms with Gasteiger partial charge in [0.2, 0.25) is 6.79 Å². The van der Waals surface area contributed by atoms with E-state index in [4.69, 9.17) is 21.1 Å². The molecule has 2 aromatic carbocycles. The molecule has 2 aliphatic rings. The van der Waals surface area contributed by atoms with E-state index in [1.165, 1.54) is 10.5 Å². The number of amides is 1. The van der Waals surface area contributed by atoms with Crippen LogP contribution in [0.1, 0.15) is 28.4 Å². The van der Waals surface area contributed by atoms with E-state index in [2.05, 4.69) is 17.4 Å². The molecular weight excluding hydrogens is 334 g/mol. The molecule has 0 radical (unpaired) electrons. The number of benzene rings is 2. The van der Waals surface area contributed by atoms with Crippen molar-refractivity contribution in [2.75, 3.05) is 12.5 Å². The van der Waals surface area contributed by atoms with E-state index < -0.39 is 0 Å². The Hall–Kier alpha value is -1.85. The van der Waals surface area contributed by atoms with Crippen molar-refractivity contribution in [1.82, 2.24) is 5.32 Å². The minimum Gasteiger partial charge on any atom is -0.454 e. The molecule has 2 heterocycles. The highest BCUT2D eigenvalue weighted by atomic mass is 35.5. The SMILES string of the molecule is O=C(NC1CCSc2ccccc21)c1cc(Cl)c2c(c1)OCO2. The first-order valence-corrected chi connectivity index (χ1v) is 8.70. The van der Waals surface area contributed by atoms with Gasteiger partial charge in [-0.05, 0) is 30.2 Å². The Morgan fingerprint density at radius 2 is 2.13 bits per heavy atom. The van der Waals surface area contributed by atoms with Crippen LogP contribution in [0.25, 0.3) is 0 Å². The summed E-state index contributed by atoms with van der Waals surface area (Å²) >= 11 is 7.98. The summed E-state index contributed by atoms with van der Waals surface area (Å²) in [6.07, 6.45) is 0.908. The number of nitrogens with one attached hydrogen (secondary N) is 1. The summed E-state index contributed by atoms with van der Waals surface area (Å²) in [5, 5.41) is 3.50. The summed E-state index contributed by atoms with van der Waals surface area (Å²) in [5.74, 6) is 1.85. The van der Waals surface area contributed by atoms with Crippen LogP contribution in [-0.2, 0) is 0 Å². The van der Waals surface area contributed by atoms with Gasteiger partial charge in [0.25, 0.3) is 5.91 Å². The Balaban J connectivity index is 1.59. The predicted octanol–water partition coefficient (Wildman–Crippen LogP) is 4.04. The highest BCUT2D eigenvalue weighted by Crippen LogP contribution is 2.40. The van der Waals surface area contributed by atoms with Gasteiger partial charge >= 0.3 is 0 Å². The van der Waals surface area contributed by atoms with Crippen molar-refractivity contribution < 1.29 is 14.3 Å². The van der Waals surface area contributed by atoms with E-state index >= 15 is 0 Å². The first-order valence-electron chi connectivity index (χ1n) is 7.34. The van der Waals surface area contributed by atoms with Gasteiger partial charge in [-0.15, -0.1) is 11.8 Å². The van der Waals surface area contributed by atoms with Gasteiger partial charge in [-0.2, -0.15) is 0 Å². The molecule has 0 aliphatic carbocycles. The first-order chi connectivity index (χ1) is 11.2. The van der Waals surface area contributed by atoms with E-state index in [9.17, 15) is 4.79 Å². The fraction of sp³-hybridized carbons (Fsp3) is 0.235. The summed E-state index contributed by atoms with van der Waals surface area (Å²) in [4.78, 5) is 13.8. The fourth-order valence-corrected chi connectivity index (χ4v) is 4.22. The van der Waals surface area contributed by atoms with Crippen molar-refractivity contribution in [2.24, 2.45) is 0 Å². The molecule has 23 heavy (non-hydrogen) atoms. The zero-order valence-electron chi connectivity index (χ0n) is 12.2. The number of hydrogen-bond acceptors (Lipinski definition) is 4. The lowest BCUT2D eigenvalue weighted by molar-refractivity contribution is 0.0934. The number of thioether (sulfide) groups is 1. The number of ether oxygens (including phenoxy) is 2. The second-order valence-corrected chi connectivity index (χ2v) is 6.94. The number of hydrogen-bond donors (Lipinski definition) is 1. The number of carbonyl (C=O) groups excluding carboxylic acids is 1. The average Bonchev–Trinajstić information content (AvgIpc) is 3.04. The van der Waals surface area contributed by atoms with Crippen LogP contribution < -0.4 is 14.8 Å². The standard InChI is InChI=1S/C17H14ClNO3S/c18-12-7-10(8-14-16(12)22-9-21-14)17(20)19-13-5-6-23-15-4-2-1-3-11(13)15/h1-4,7-8,13H,5-6,9H2,(H,19,20). The number of fused-ring (bicyclic) bond motifs is 2. The Bertz CT molecular complexity index is 780. The van der Waals surface area contributed by atoms with Crippen molar-refractivity contribution in [2.45, 2.75) is 17.4 Å². The summed E-state index contributed by atoms with van der Waals surface area (Å²) in [5.41, 5.74) is 1.65. The van der Waals surface area contributed by atoms with Crippen molar-refractivity contribution in [1.29, 1.82) is 0 Å². The van der Waals surface area contributed by atoms with E-state index in [1.54, 1.807) is 12.1 Å². The van der Waals surface area contributed by atoms with Gasteiger partial charge in [0.1, 0.15) is 0 Å². The van der Waals surface area contributed by atoms with Crippen LogP contribution in [0.3, 0.4) is 0 Å². The number of halogens is 1. The van der Waals surface area contributed by atoms with Crippen molar-refractivity contribution >= 4 is 29.3 Å². The molecule has 0 saturated heterocycles. The normalized spacial score (nSPS) is 18.4. The largest absolute Gasteiger partial charge is 0.454 e. The monoisotopic (exact) mass is 347 g/mol. The fourth-order valence-electron chi connectivity index (χ4n) is 2.83. The van der Waals surface area contributed by atoms with Gasteiger partial charge < -0.3 is 14.8 Å². The Morgan fingerprint density at radius 3 is 3.04 bits per heavy atom. The molecule has 1 N–H and O–H groups in total. The second-order valence-electron chi connectivity index (χ2n) is 5.39. The van der Waals surface area contributed by atoms with Gasteiger partial charge in [0.15, 0.2) is 11.5 Å². The molecule has 2 aromatic rings. The third-order valence-electron chi connectivity index (χ3n) is 3.95. The lowest BCUT2D eigenvalue weighted by atomic mass is 10.0. The number of carbonyl (C=O) groups is 1. The van der Waals surface area contributed by atoms with Crippen LogP contribution in [0.2, 0.25) is 5.02 Å². The maximum Gasteiger partial charge on any atom is 0.251 e.